The van der Waals surface area contributed by atoms with E-state index in [1.807, 2.05) is 19.1 Å². The predicted molar refractivity (Wildman–Crippen MR) is 81.5 cm³/mol. The van der Waals surface area contributed by atoms with Crippen LogP contribution < -0.4 is 10.6 Å². The van der Waals surface area contributed by atoms with Crippen LogP contribution in [0.4, 0.5) is 5.69 Å². The molecule has 0 aliphatic heterocycles. The molecule has 0 saturated heterocycles. The highest BCUT2D eigenvalue weighted by Crippen LogP contribution is 2.28. The average molecular weight is 269 g/mol. The minimum Gasteiger partial charge on any atom is -0.374 e. The lowest BCUT2D eigenvalue weighted by Crippen LogP contribution is -2.26. The van der Waals surface area contributed by atoms with Crippen molar-refractivity contribution in [2.45, 2.75) is 39.7 Å². The van der Waals surface area contributed by atoms with Crippen LogP contribution in [0.1, 0.15) is 32.8 Å². The summed E-state index contributed by atoms with van der Waals surface area (Å²) in [6, 6.07) is 6.21. The van der Waals surface area contributed by atoms with Gasteiger partial charge in [-0.25, -0.2) is 0 Å². The van der Waals surface area contributed by atoms with E-state index >= 15 is 0 Å². The lowest BCUT2D eigenvalue weighted by molar-refractivity contribution is 0.558. The highest BCUT2D eigenvalue weighted by molar-refractivity contribution is 6.31. The van der Waals surface area contributed by atoms with E-state index < -0.39 is 0 Å². The number of halogens is 1. The smallest absolute Gasteiger partial charge is 0.0459 e. The summed E-state index contributed by atoms with van der Waals surface area (Å²) in [6.45, 7) is 7.55. The van der Waals surface area contributed by atoms with Gasteiger partial charge in [0.2, 0.25) is 0 Å². The van der Waals surface area contributed by atoms with Crippen molar-refractivity contribution in [2.75, 3.05) is 18.5 Å². The number of hydrogen-bond acceptors (Lipinski definition) is 2. The van der Waals surface area contributed by atoms with Crippen molar-refractivity contribution in [3.63, 3.8) is 0 Å². The number of nitrogens with zero attached hydrogens (tertiary/aromatic N) is 1. The molecule has 0 saturated carbocycles. The molecule has 0 aliphatic carbocycles. The number of rotatable bonds is 6. The van der Waals surface area contributed by atoms with E-state index in [1.54, 1.807) is 0 Å². The van der Waals surface area contributed by atoms with E-state index in [9.17, 15) is 0 Å². The monoisotopic (exact) mass is 268 g/mol. The van der Waals surface area contributed by atoms with Crippen LogP contribution in [0, 0.1) is 5.92 Å². The van der Waals surface area contributed by atoms with Gasteiger partial charge in [0.05, 0.1) is 0 Å². The quantitative estimate of drug-likeness (QED) is 0.852. The first-order valence-electron chi connectivity index (χ1n) is 6.69. The molecule has 2 N–H and O–H groups in total. The summed E-state index contributed by atoms with van der Waals surface area (Å²) in [7, 11) is 2.13. The average Bonchev–Trinajstić information content (AvgIpc) is 2.30. The summed E-state index contributed by atoms with van der Waals surface area (Å²) in [5.41, 5.74) is 8.29. The van der Waals surface area contributed by atoms with Crippen molar-refractivity contribution >= 4 is 17.3 Å². The van der Waals surface area contributed by atoms with E-state index in [1.165, 1.54) is 17.7 Å². The van der Waals surface area contributed by atoms with Gasteiger partial charge in [0.1, 0.15) is 0 Å². The second-order valence-corrected chi connectivity index (χ2v) is 5.72. The van der Waals surface area contributed by atoms with Crippen molar-refractivity contribution in [3.8, 4) is 0 Å². The second-order valence-electron chi connectivity index (χ2n) is 5.31. The van der Waals surface area contributed by atoms with Crippen LogP contribution in [-0.2, 0) is 6.42 Å². The molecule has 0 aliphatic rings. The molecule has 2 unspecified atom stereocenters. The summed E-state index contributed by atoms with van der Waals surface area (Å²) in [5, 5.41) is 0.820. The van der Waals surface area contributed by atoms with E-state index in [-0.39, 0.29) is 6.04 Å². The SMILES string of the molecule is CCC(C)CN(C)c1cccc(Cl)c1CC(C)N. The molecule has 0 spiro atoms. The Labute approximate surface area is 116 Å². The molecular formula is C15H25ClN2. The fourth-order valence-electron chi connectivity index (χ4n) is 2.12. The van der Waals surface area contributed by atoms with Gasteiger partial charge in [0, 0.05) is 30.3 Å². The standard InChI is InChI=1S/C15H25ClN2/c1-5-11(2)10-18(4)15-8-6-7-14(16)13(15)9-12(3)17/h6-8,11-12H,5,9-10,17H2,1-4H3. The third-order valence-electron chi connectivity index (χ3n) is 3.31. The van der Waals surface area contributed by atoms with Gasteiger partial charge in [0.15, 0.2) is 0 Å². The van der Waals surface area contributed by atoms with E-state index in [4.69, 9.17) is 17.3 Å². The van der Waals surface area contributed by atoms with Crippen LogP contribution >= 0.6 is 11.6 Å². The summed E-state index contributed by atoms with van der Waals surface area (Å²) in [6.07, 6.45) is 2.01. The zero-order valence-corrected chi connectivity index (χ0v) is 12.7. The van der Waals surface area contributed by atoms with Crippen molar-refractivity contribution in [2.24, 2.45) is 11.7 Å². The lowest BCUT2D eigenvalue weighted by Gasteiger charge is -2.26. The Morgan fingerprint density at radius 3 is 2.56 bits per heavy atom. The molecule has 0 aromatic heterocycles. The zero-order valence-electron chi connectivity index (χ0n) is 11.9. The first kappa shape index (κ1) is 15.3. The molecule has 0 bridgehead atoms. The molecule has 3 heteroatoms. The van der Waals surface area contributed by atoms with Crippen molar-refractivity contribution in [1.82, 2.24) is 0 Å². The van der Waals surface area contributed by atoms with Gasteiger partial charge in [-0.3, -0.25) is 0 Å². The molecule has 1 aromatic rings. The Bertz CT molecular complexity index is 377. The van der Waals surface area contributed by atoms with Crippen LogP contribution in [0.15, 0.2) is 18.2 Å². The molecule has 0 heterocycles. The highest BCUT2D eigenvalue weighted by Gasteiger charge is 2.13. The molecule has 2 atom stereocenters. The molecule has 0 amide bonds. The Balaban J connectivity index is 2.96. The fraction of sp³-hybridized carbons (Fsp3) is 0.600. The van der Waals surface area contributed by atoms with Gasteiger partial charge < -0.3 is 10.6 Å². The number of hydrogen-bond donors (Lipinski definition) is 1. The van der Waals surface area contributed by atoms with Crippen LogP contribution in [0.2, 0.25) is 5.02 Å². The van der Waals surface area contributed by atoms with Crippen LogP contribution in [0.3, 0.4) is 0 Å². The second kappa shape index (κ2) is 7.01. The van der Waals surface area contributed by atoms with Gasteiger partial charge >= 0.3 is 0 Å². The Hall–Kier alpha value is -0.730. The summed E-state index contributed by atoms with van der Waals surface area (Å²) in [5.74, 6) is 0.678. The van der Waals surface area contributed by atoms with Gasteiger partial charge in [0.25, 0.3) is 0 Å². The Kier molecular flexibility index (Phi) is 5.97. The minimum atomic E-state index is 0.126. The van der Waals surface area contributed by atoms with Crippen molar-refractivity contribution in [3.05, 3.63) is 28.8 Å². The van der Waals surface area contributed by atoms with Gasteiger partial charge in [-0.05, 0) is 37.0 Å². The summed E-state index contributed by atoms with van der Waals surface area (Å²) < 4.78 is 0. The topological polar surface area (TPSA) is 29.3 Å². The van der Waals surface area contributed by atoms with Crippen LogP contribution in [0.25, 0.3) is 0 Å². The summed E-state index contributed by atoms with van der Waals surface area (Å²) in [4.78, 5) is 2.29. The first-order chi connectivity index (χ1) is 8.45. The number of anilines is 1. The molecule has 1 aromatic carbocycles. The molecule has 102 valence electrons. The molecule has 2 nitrogen and oxygen atoms in total. The Morgan fingerprint density at radius 1 is 1.33 bits per heavy atom. The molecule has 1 rings (SSSR count). The zero-order chi connectivity index (χ0) is 13.7. The molecule has 0 radical (unpaired) electrons. The Morgan fingerprint density at radius 2 is 2.00 bits per heavy atom. The molecule has 0 fully saturated rings. The molecule has 18 heavy (non-hydrogen) atoms. The van der Waals surface area contributed by atoms with Crippen molar-refractivity contribution in [1.29, 1.82) is 0 Å². The number of benzene rings is 1. The normalized spacial score (nSPS) is 14.3. The predicted octanol–water partition coefficient (Wildman–Crippen LogP) is 3.71. The van der Waals surface area contributed by atoms with E-state index in [2.05, 4.69) is 31.9 Å². The maximum Gasteiger partial charge on any atom is 0.0459 e. The minimum absolute atomic E-state index is 0.126. The van der Waals surface area contributed by atoms with E-state index in [0.717, 1.165) is 18.0 Å². The fourth-order valence-corrected chi connectivity index (χ4v) is 2.37. The third-order valence-corrected chi connectivity index (χ3v) is 3.67. The highest BCUT2D eigenvalue weighted by atomic mass is 35.5. The largest absolute Gasteiger partial charge is 0.374 e. The lowest BCUT2D eigenvalue weighted by atomic mass is 10.0. The van der Waals surface area contributed by atoms with E-state index in [0.29, 0.717) is 5.92 Å². The summed E-state index contributed by atoms with van der Waals surface area (Å²) >= 11 is 6.31. The van der Waals surface area contributed by atoms with Crippen LogP contribution in [0.5, 0.6) is 0 Å². The maximum absolute atomic E-state index is 6.31. The number of nitrogens with two attached hydrogens (primary N) is 1. The van der Waals surface area contributed by atoms with Gasteiger partial charge in [-0.15, -0.1) is 0 Å². The molecular weight excluding hydrogens is 244 g/mol. The van der Waals surface area contributed by atoms with Gasteiger partial charge in [-0.2, -0.15) is 0 Å². The maximum atomic E-state index is 6.31. The van der Waals surface area contributed by atoms with Crippen molar-refractivity contribution < 1.29 is 0 Å². The first-order valence-corrected chi connectivity index (χ1v) is 7.07. The van der Waals surface area contributed by atoms with Crippen LogP contribution in [-0.4, -0.2) is 19.6 Å². The third kappa shape index (κ3) is 4.18. The van der Waals surface area contributed by atoms with Gasteiger partial charge in [-0.1, -0.05) is 37.9 Å².